The Balaban J connectivity index is 1.53. The predicted molar refractivity (Wildman–Crippen MR) is 112 cm³/mol. The third-order valence-electron chi connectivity index (χ3n) is 4.52. The third kappa shape index (κ3) is 5.50. The molecule has 0 bridgehead atoms. The lowest BCUT2D eigenvalue weighted by atomic mass is 10.1. The summed E-state index contributed by atoms with van der Waals surface area (Å²) in [6.45, 7) is 4.10. The molecule has 30 heavy (non-hydrogen) atoms. The first kappa shape index (κ1) is 21.2. The Bertz CT molecular complexity index is 927. The van der Waals surface area contributed by atoms with E-state index < -0.39 is 5.91 Å². The molecule has 2 aromatic rings. The molecule has 0 spiro atoms. The number of nitrogens with zero attached hydrogens (tertiary/aromatic N) is 1. The van der Waals surface area contributed by atoms with Gasteiger partial charge >= 0.3 is 0 Å². The van der Waals surface area contributed by atoms with Crippen LogP contribution in [0.3, 0.4) is 0 Å². The molecular weight excluding hydrogens is 386 g/mol. The molecule has 1 aliphatic rings. The molecule has 8 nitrogen and oxygen atoms in total. The van der Waals surface area contributed by atoms with Gasteiger partial charge in [-0.3, -0.25) is 14.4 Å². The van der Waals surface area contributed by atoms with Gasteiger partial charge in [-0.1, -0.05) is 24.6 Å². The summed E-state index contributed by atoms with van der Waals surface area (Å²) in [5, 5.41) is 5.28. The van der Waals surface area contributed by atoms with E-state index in [4.69, 9.17) is 9.47 Å². The Labute approximate surface area is 175 Å². The number of amides is 3. The van der Waals surface area contributed by atoms with Gasteiger partial charge in [0.25, 0.3) is 5.91 Å². The number of rotatable bonds is 8. The van der Waals surface area contributed by atoms with Gasteiger partial charge in [0.15, 0.2) is 11.5 Å². The number of hydrogen-bond donors (Lipinski definition) is 2. The number of ether oxygens (including phenoxy) is 2. The molecule has 0 radical (unpaired) electrons. The number of carbonyl (C=O) groups is 3. The quantitative estimate of drug-likeness (QED) is 0.695. The number of benzene rings is 2. The van der Waals surface area contributed by atoms with Gasteiger partial charge in [0, 0.05) is 17.8 Å². The van der Waals surface area contributed by atoms with E-state index in [0.717, 1.165) is 5.56 Å². The van der Waals surface area contributed by atoms with E-state index in [9.17, 15) is 14.4 Å². The van der Waals surface area contributed by atoms with Crippen LogP contribution in [0.1, 0.15) is 29.3 Å². The molecule has 0 atom stereocenters. The minimum Gasteiger partial charge on any atom is -0.454 e. The van der Waals surface area contributed by atoms with Crippen molar-refractivity contribution in [2.24, 2.45) is 0 Å². The molecule has 0 saturated heterocycles. The van der Waals surface area contributed by atoms with Gasteiger partial charge in [-0.2, -0.15) is 0 Å². The van der Waals surface area contributed by atoms with E-state index in [2.05, 4.69) is 10.6 Å². The highest BCUT2D eigenvalue weighted by Crippen LogP contribution is 2.32. The summed E-state index contributed by atoms with van der Waals surface area (Å²) in [5.74, 6) is 0.0720. The summed E-state index contributed by atoms with van der Waals surface area (Å²) in [5.41, 5.74) is 2.16. The van der Waals surface area contributed by atoms with Gasteiger partial charge in [-0.15, -0.1) is 0 Å². The first-order valence-corrected chi connectivity index (χ1v) is 9.78. The zero-order valence-electron chi connectivity index (χ0n) is 17.1. The van der Waals surface area contributed by atoms with Crippen molar-refractivity contribution in [1.29, 1.82) is 0 Å². The number of hydrogen-bond acceptors (Lipinski definition) is 5. The van der Waals surface area contributed by atoms with E-state index in [1.54, 1.807) is 30.3 Å². The number of fused-ring (bicyclic) bond motifs is 1. The topological polar surface area (TPSA) is 97.0 Å². The molecule has 0 fully saturated rings. The maximum absolute atomic E-state index is 12.8. The zero-order chi connectivity index (χ0) is 21.5. The molecule has 0 unspecified atom stereocenters. The molecule has 8 heteroatoms. The van der Waals surface area contributed by atoms with Crippen LogP contribution in [-0.2, 0) is 9.59 Å². The highest BCUT2D eigenvalue weighted by Gasteiger charge is 2.22. The third-order valence-corrected chi connectivity index (χ3v) is 4.52. The fraction of sp³-hybridized carbons (Fsp3) is 0.318. The van der Waals surface area contributed by atoms with Gasteiger partial charge in [-0.05, 0) is 43.7 Å². The second-order valence-corrected chi connectivity index (χ2v) is 6.99. The second kappa shape index (κ2) is 9.78. The maximum atomic E-state index is 12.8. The summed E-state index contributed by atoms with van der Waals surface area (Å²) in [6, 6.07) is 12.3. The Hall–Kier alpha value is -3.55. The Kier molecular flexibility index (Phi) is 6.90. The molecule has 2 N–H and O–H groups in total. The van der Waals surface area contributed by atoms with Gasteiger partial charge < -0.3 is 25.0 Å². The van der Waals surface area contributed by atoms with Gasteiger partial charge in [-0.25, -0.2) is 0 Å². The zero-order valence-corrected chi connectivity index (χ0v) is 17.1. The van der Waals surface area contributed by atoms with Crippen LogP contribution in [0.4, 0.5) is 5.69 Å². The van der Waals surface area contributed by atoms with Gasteiger partial charge in [0.1, 0.15) is 0 Å². The van der Waals surface area contributed by atoms with E-state index in [1.807, 2.05) is 26.0 Å². The van der Waals surface area contributed by atoms with Crippen LogP contribution in [0.2, 0.25) is 0 Å². The SMILES string of the molecule is CCCN(CC(=O)NCC(=O)Nc1ccc(C)cc1)C(=O)c1ccc2c(c1)OCO2. The van der Waals surface area contributed by atoms with Crippen molar-refractivity contribution in [1.82, 2.24) is 10.2 Å². The number of anilines is 1. The first-order valence-electron chi connectivity index (χ1n) is 9.78. The van der Waals surface area contributed by atoms with Crippen molar-refractivity contribution < 1.29 is 23.9 Å². The average Bonchev–Trinajstić information content (AvgIpc) is 3.21. The number of nitrogens with one attached hydrogen (secondary N) is 2. The van der Waals surface area contributed by atoms with Crippen molar-refractivity contribution >= 4 is 23.4 Å². The van der Waals surface area contributed by atoms with Crippen LogP contribution in [0.5, 0.6) is 11.5 Å². The summed E-state index contributed by atoms with van der Waals surface area (Å²) >= 11 is 0. The van der Waals surface area contributed by atoms with Crippen molar-refractivity contribution in [3.05, 3.63) is 53.6 Å². The van der Waals surface area contributed by atoms with E-state index in [-0.39, 0.29) is 31.7 Å². The fourth-order valence-electron chi connectivity index (χ4n) is 2.98. The molecule has 1 aliphatic heterocycles. The van der Waals surface area contributed by atoms with Gasteiger partial charge in [0.05, 0.1) is 13.1 Å². The smallest absolute Gasteiger partial charge is 0.254 e. The van der Waals surface area contributed by atoms with Crippen LogP contribution in [-0.4, -0.2) is 49.0 Å². The Morgan fingerprint density at radius 3 is 2.47 bits per heavy atom. The molecule has 0 aliphatic carbocycles. The predicted octanol–water partition coefficient (Wildman–Crippen LogP) is 2.33. The summed E-state index contributed by atoms with van der Waals surface area (Å²) in [6.07, 6.45) is 0.692. The monoisotopic (exact) mass is 411 g/mol. The van der Waals surface area contributed by atoms with Crippen LogP contribution in [0, 0.1) is 6.92 Å². The summed E-state index contributed by atoms with van der Waals surface area (Å²) in [4.78, 5) is 38.7. The molecular formula is C22H25N3O5. The molecule has 3 rings (SSSR count). The highest BCUT2D eigenvalue weighted by molar-refractivity contribution is 5.98. The summed E-state index contributed by atoms with van der Waals surface area (Å²) < 4.78 is 10.6. The fourth-order valence-corrected chi connectivity index (χ4v) is 2.98. The minimum atomic E-state index is -0.406. The Morgan fingerprint density at radius 2 is 1.73 bits per heavy atom. The molecule has 2 aromatic carbocycles. The molecule has 1 heterocycles. The van der Waals surface area contributed by atoms with E-state index in [1.165, 1.54) is 4.90 Å². The average molecular weight is 411 g/mol. The van der Waals surface area contributed by atoms with Crippen LogP contribution in [0.15, 0.2) is 42.5 Å². The van der Waals surface area contributed by atoms with Gasteiger partial charge in [0.2, 0.25) is 18.6 Å². The standard InChI is InChI=1S/C22H25N3O5/c1-3-10-25(22(28)16-6-9-18-19(11-16)30-14-29-18)13-21(27)23-12-20(26)24-17-7-4-15(2)5-8-17/h4-9,11H,3,10,12-14H2,1-2H3,(H,23,27)(H,24,26). The second-order valence-electron chi connectivity index (χ2n) is 6.99. The number of aryl methyl sites for hydroxylation is 1. The lowest BCUT2D eigenvalue weighted by Gasteiger charge is -2.21. The lowest BCUT2D eigenvalue weighted by molar-refractivity contribution is -0.124. The largest absolute Gasteiger partial charge is 0.454 e. The van der Waals surface area contributed by atoms with Crippen molar-refractivity contribution in [2.45, 2.75) is 20.3 Å². The summed E-state index contributed by atoms with van der Waals surface area (Å²) in [7, 11) is 0. The van der Waals surface area contributed by atoms with Crippen LogP contribution >= 0.6 is 0 Å². The van der Waals surface area contributed by atoms with E-state index >= 15 is 0 Å². The number of carbonyl (C=O) groups excluding carboxylic acids is 3. The molecule has 158 valence electrons. The van der Waals surface area contributed by atoms with E-state index in [0.29, 0.717) is 35.7 Å². The lowest BCUT2D eigenvalue weighted by Crippen LogP contribution is -2.43. The first-order chi connectivity index (χ1) is 14.5. The van der Waals surface area contributed by atoms with Crippen LogP contribution in [0.25, 0.3) is 0 Å². The van der Waals surface area contributed by atoms with Crippen molar-refractivity contribution in [2.75, 3.05) is 31.7 Å². The Morgan fingerprint density at radius 1 is 1.00 bits per heavy atom. The molecule has 0 aromatic heterocycles. The molecule has 3 amide bonds. The van der Waals surface area contributed by atoms with Crippen molar-refractivity contribution in [3.63, 3.8) is 0 Å². The normalized spacial score (nSPS) is 11.7. The van der Waals surface area contributed by atoms with Crippen LogP contribution < -0.4 is 20.1 Å². The maximum Gasteiger partial charge on any atom is 0.254 e. The highest BCUT2D eigenvalue weighted by atomic mass is 16.7. The van der Waals surface area contributed by atoms with Crippen molar-refractivity contribution in [3.8, 4) is 11.5 Å². The molecule has 0 saturated carbocycles. The minimum absolute atomic E-state index is 0.124.